The van der Waals surface area contributed by atoms with E-state index in [1.807, 2.05) is 0 Å². The van der Waals surface area contributed by atoms with E-state index in [0.29, 0.717) is 11.4 Å². The Morgan fingerprint density at radius 2 is 1.94 bits per heavy atom. The number of nitrogens with two attached hydrogens (primary N) is 1. The van der Waals surface area contributed by atoms with Crippen molar-refractivity contribution in [2.45, 2.75) is 46.1 Å². The number of benzene rings is 1. The van der Waals surface area contributed by atoms with Crippen molar-refractivity contribution in [3.63, 3.8) is 0 Å². The molecule has 1 rings (SSSR count). The summed E-state index contributed by atoms with van der Waals surface area (Å²) in [5.74, 6) is 0.455. The third-order valence-electron chi connectivity index (χ3n) is 2.81. The third-order valence-corrected chi connectivity index (χ3v) is 2.81. The quantitative estimate of drug-likeness (QED) is 0.734. The lowest BCUT2D eigenvalue weighted by Gasteiger charge is -2.16. The van der Waals surface area contributed by atoms with Crippen LogP contribution in [0.3, 0.4) is 0 Å². The molecule has 17 heavy (non-hydrogen) atoms. The minimum atomic E-state index is -0.277. The number of nitrogen functional groups attached to an aromatic ring is 1. The van der Waals surface area contributed by atoms with Gasteiger partial charge in [-0.25, -0.2) is 4.39 Å². The topological polar surface area (TPSA) is 38.0 Å². The predicted molar refractivity (Wildman–Crippen MR) is 72.6 cm³/mol. The summed E-state index contributed by atoms with van der Waals surface area (Å²) in [5.41, 5.74) is 6.50. The minimum Gasteiger partial charge on any atom is -0.399 e. The molecule has 1 atom stereocenters. The van der Waals surface area contributed by atoms with Crippen LogP contribution in [0.1, 0.15) is 40.0 Å². The van der Waals surface area contributed by atoms with Gasteiger partial charge in [-0.1, -0.05) is 26.7 Å². The lowest BCUT2D eigenvalue weighted by molar-refractivity contribution is 0.519. The second-order valence-corrected chi connectivity index (χ2v) is 5.11. The minimum absolute atomic E-state index is 0.277. The smallest absolute Gasteiger partial charge is 0.148 e. The maximum atomic E-state index is 13.5. The van der Waals surface area contributed by atoms with Gasteiger partial charge in [-0.05, 0) is 37.5 Å². The van der Waals surface area contributed by atoms with Gasteiger partial charge in [0.05, 0.1) is 5.69 Å². The Bertz CT molecular complexity index is 350. The molecule has 1 aromatic rings. The van der Waals surface area contributed by atoms with Crippen molar-refractivity contribution in [3.8, 4) is 0 Å². The molecule has 0 bridgehead atoms. The van der Waals surface area contributed by atoms with Gasteiger partial charge in [0, 0.05) is 11.7 Å². The van der Waals surface area contributed by atoms with E-state index in [0.717, 1.165) is 12.3 Å². The molecule has 0 spiro atoms. The van der Waals surface area contributed by atoms with Crippen molar-refractivity contribution in [2.75, 3.05) is 11.1 Å². The third kappa shape index (κ3) is 5.07. The molecule has 0 aliphatic rings. The Balaban J connectivity index is 2.42. The van der Waals surface area contributed by atoms with Gasteiger partial charge in [0.25, 0.3) is 0 Å². The first-order valence-corrected chi connectivity index (χ1v) is 6.30. The van der Waals surface area contributed by atoms with E-state index in [2.05, 4.69) is 26.1 Å². The summed E-state index contributed by atoms with van der Waals surface area (Å²) in [4.78, 5) is 0. The Morgan fingerprint density at radius 3 is 2.53 bits per heavy atom. The largest absolute Gasteiger partial charge is 0.399 e. The molecular weight excluding hydrogens is 215 g/mol. The lowest BCUT2D eigenvalue weighted by atomic mass is 10.0. The highest BCUT2D eigenvalue weighted by Crippen LogP contribution is 2.19. The summed E-state index contributed by atoms with van der Waals surface area (Å²) in [6, 6.07) is 5.05. The summed E-state index contributed by atoms with van der Waals surface area (Å²) >= 11 is 0. The molecule has 1 aromatic carbocycles. The standard InChI is InChI=1S/C14H23FN2/c1-10(2)5-4-6-11(3)17-14-8-7-12(16)9-13(14)15/h7-11,17H,4-6,16H2,1-3H3. The molecule has 0 aromatic heterocycles. The number of rotatable bonds is 6. The van der Waals surface area contributed by atoms with Crippen LogP contribution in [-0.4, -0.2) is 6.04 Å². The maximum Gasteiger partial charge on any atom is 0.148 e. The van der Waals surface area contributed by atoms with Crippen LogP contribution in [0, 0.1) is 11.7 Å². The van der Waals surface area contributed by atoms with Crippen LogP contribution in [0.5, 0.6) is 0 Å². The second-order valence-electron chi connectivity index (χ2n) is 5.11. The summed E-state index contributed by atoms with van der Waals surface area (Å²) in [7, 11) is 0. The molecule has 0 amide bonds. The highest BCUT2D eigenvalue weighted by Gasteiger charge is 2.07. The zero-order valence-electron chi connectivity index (χ0n) is 11.0. The molecular formula is C14H23FN2. The van der Waals surface area contributed by atoms with Gasteiger partial charge >= 0.3 is 0 Å². The number of hydrogen-bond acceptors (Lipinski definition) is 2. The molecule has 3 heteroatoms. The highest BCUT2D eigenvalue weighted by molar-refractivity contribution is 5.52. The van der Waals surface area contributed by atoms with E-state index >= 15 is 0 Å². The molecule has 0 saturated heterocycles. The molecule has 2 nitrogen and oxygen atoms in total. The van der Waals surface area contributed by atoms with Crippen LogP contribution >= 0.6 is 0 Å². The van der Waals surface area contributed by atoms with E-state index in [-0.39, 0.29) is 11.9 Å². The fourth-order valence-corrected chi connectivity index (χ4v) is 1.82. The van der Waals surface area contributed by atoms with Crippen molar-refractivity contribution in [2.24, 2.45) is 5.92 Å². The molecule has 0 saturated carbocycles. The van der Waals surface area contributed by atoms with Gasteiger partial charge in [0.1, 0.15) is 5.82 Å². The van der Waals surface area contributed by atoms with E-state index in [4.69, 9.17) is 5.73 Å². The van der Waals surface area contributed by atoms with Crippen molar-refractivity contribution >= 4 is 11.4 Å². The Morgan fingerprint density at radius 1 is 1.24 bits per heavy atom. The molecule has 0 heterocycles. The van der Waals surface area contributed by atoms with Gasteiger partial charge in [-0.15, -0.1) is 0 Å². The fourth-order valence-electron chi connectivity index (χ4n) is 1.82. The summed E-state index contributed by atoms with van der Waals surface area (Å²) in [5, 5.41) is 3.18. The molecule has 96 valence electrons. The Labute approximate surface area is 103 Å². The van der Waals surface area contributed by atoms with Crippen LogP contribution in [0.15, 0.2) is 18.2 Å². The van der Waals surface area contributed by atoms with Crippen LogP contribution in [0.4, 0.5) is 15.8 Å². The summed E-state index contributed by atoms with van der Waals surface area (Å²) in [6.45, 7) is 6.52. The molecule has 0 fully saturated rings. The Hall–Kier alpha value is -1.25. The lowest BCUT2D eigenvalue weighted by Crippen LogP contribution is -2.16. The van der Waals surface area contributed by atoms with Gasteiger partial charge in [0.15, 0.2) is 0 Å². The molecule has 0 aliphatic heterocycles. The number of hydrogen-bond donors (Lipinski definition) is 2. The Kier molecular flexibility index (Phi) is 5.26. The second kappa shape index (κ2) is 6.48. The normalized spacial score (nSPS) is 12.8. The first-order valence-electron chi connectivity index (χ1n) is 6.30. The van der Waals surface area contributed by atoms with Crippen molar-refractivity contribution in [1.82, 2.24) is 0 Å². The zero-order chi connectivity index (χ0) is 12.8. The number of nitrogens with one attached hydrogen (secondary N) is 1. The SMILES string of the molecule is CC(C)CCCC(C)Nc1ccc(N)cc1F. The van der Waals surface area contributed by atoms with Crippen molar-refractivity contribution in [3.05, 3.63) is 24.0 Å². The number of halogens is 1. The highest BCUT2D eigenvalue weighted by atomic mass is 19.1. The molecule has 3 N–H and O–H groups in total. The first-order chi connectivity index (χ1) is 7.99. The van der Waals surface area contributed by atoms with Gasteiger partial charge in [-0.2, -0.15) is 0 Å². The fraction of sp³-hybridized carbons (Fsp3) is 0.571. The van der Waals surface area contributed by atoms with Crippen LogP contribution in [-0.2, 0) is 0 Å². The van der Waals surface area contributed by atoms with E-state index < -0.39 is 0 Å². The van der Waals surface area contributed by atoms with Crippen LogP contribution in [0.2, 0.25) is 0 Å². The van der Waals surface area contributed by atoms with Gasteiger partial charge < -0.3 is 11.1 Å². The van der Waals surface area contributed by atoms with E-state index in [1.54, 1.807) is 12.1 Å². The van der Waals surface area contributed by atoms with Crippen LogP contribution < -0.4 is 11.1 Å². The molecule has 0 radical (unpaired) electrons. The van der Waals surface area contributed by atoms with Gasteiger partial charge in [0.2, 0.25) is 0 Å². The average Bonchev–Trinajstić information content (AvgIpc) is 2.21. The average molecular weight is 238 g/mol. The maximum absolute atomic E-state index is 13.5. The predicted octanol–water partition coefficient (Wildman–Crippen LogP) is 4.03. The van der Waals surface area contributed by atoms with Crippen LogP contribution in [0.25, 0.3) is 0 Å². The van der Waals surface area contributed by atoms with E-state index in [1.165, 1.54) is 18.9 Å². The van der Waals surface area contributed by atoms with Gasteiger partial charge in [-0.3, -0.25) is 0 Å². The molecule has 0 aliphatic carbocycles. The zero-order valence-corrected chi connectivity index (χ0v) is 11.0. The molecule has 1 unspecified atom stereocenters. The van der Waals surface area contributed by atoms with E-state index in [9.17, 15) is 4.39 Å². The first kappa shape index (κ1) is 13.8. The van der Waals surface area contributed by atoms with Crippen molar-refractivity contribution in [1.29, 1.82) is 0 Å². The summed E-state index contributed by atoms with van der Waals surface area (Å²) < 4.78 is 13.5. The summed E-state index contributed by atoms with van der Waals surface area (Å²) in [6.07, 6.45) is 3.45. The number of anilines is 2. The van der Waals surface area contributed by atoms with Crippen molar-refractivity contribution < 1.29 is 4.39 Å². The monoisotopic (exact) mass is 238 g/mol.